The summed E-state index contributed by atoms with van der Waals surface area (Å²) in [5.41, 5.74) is 0.286. The van der Waals surface area contributed by atoms with Gasteiger partial charge in [-0.25, -0.2) is 4.39 Å². The van der Waals surface area contributed by atoms with Crippen LogP contribution in [0.4, 0.5) is 17.6 Å². The van der Waals surface area contributed by atoms with Crippen LogP contribution in [-0.4, -0.2) is 37.1 Å². The molecule has 106 valence electrons. The Labute approximate surface area is 108 Å². The molecule has 0 bridgehead atoms. The summed E-state index contributed by atoms with van der Waals surface area (Å²) in [4.78, 5) is 12.2. The van der Waals surface area contributed by atoms with Gasteiger partial charge in [0, 0.05) is 12.1 Å². The topological polar surface area (TPSA) is 32.3 Å². The summed E-state index contributed by atoms with van der Waals surface area (Å²) in [6.07, 6.45) is -4.35. The summed E-state index contributed by atoms with van der Waals surface area (Å²) in [5, 5.41) is 2.37. The molecule has 1 amide bonds. The van der Waals surface area contributed by atoms with Crippen LogP contribution in [-0.2, 0) is 11.3 Å². The van der Waals surface area contributed by atoms with Crippen molar-refractivity contribution in [3.05, 3.63) is 35.6 Å². The highest BCUT2D eigenvalue weighted by Crippen LogP contribution is 2.15. The first kappa shape index (κ1) is 15.4. The first-order valence-corrected chi connectivity index (χ1v) is 5.53. The van der Waals surface area contributed by atoms with Crippen molar-refractivity contribution >= 4 is 5.91 Å². The van der Waals surface area contributed by atoms with Crippen LogP contribution in [0.25, 0.3) is 0 Å². The predicted molar refractivity (Wildman–Crippen MR) is 61.8 cm³/mol. The van der Waals surface area contributed by atoms with Crippen LogP contribution in [0.5, 0.6) is 0 Å². The lowest BCUT2D eigenvalue weighted by atomic mass is 10.2. The molecule has 7 heteroatoms. The number of alkyl halides is 3. The molecule has 0 atom stereocenters. The van der Waals surface area contributed by atoms with E-state index in [-0.39, 0.29) is 12.1 Å². The lowest BCUT2D eigenvalue weighted by Gasteiger charge is -2.17. The Hall–Kier alpha value is -1.63. The van der Waals surface area contributed by atoms with Gasteiger partial charge in [0.2, 0.25) is 5.91 Å². The third-order valence-electron chi connectivity index (χ3n) is 2.30. The highest BCUT2D eigenvalue weighted by Gasteiger charge is 2.29. The molecule has 0 aromatic heterocycles. The van der Waals surface area contributed by atoms with Crippen LogP contribution < -0.4 is 5.32 Å². The SMILES string of the molecule is CN(CC(=O)NCc1ccccc1F)CC(F)(F)F. The first-order valence-electron chi connectivity index (χ1n) is 5.53. The molecule has 0 aliphatic rings. The second-order valence-corrected chi connectivity index (χ2v) is 4.16. The number of nitrogens with one attached hydrogen (secondary N) is 1. The summed E-state index contributed by atoms with van der Waals surface area (Å²) in [5.74, 6) is -1.05. The summed E-state index contributed by atoms with van der Waals surface area (Å²) in [6, 6.07) is 5.87. The van der Waals surface area contributed by atoms with Gasteiger partial charge in [0.25, 0.3) is 0 Å². The predicted octanol–water partition coefficient (Wildman–Crippen LogP) is 1.94. The van der Waals surface area contributed by atoms with Crippen LogP contribution >= 0.6 is 0 Å². The fraction of sp³-hybridized carbons (Fsp3) is 0.417. The van der Waals surface area contributed by atoms with Crippen molar-refractivity contribution in [1.29, 1.82) is 0 Å². The molecule has 0 radical (unpaired) electrons. The van der Waals surface area contributed by atoms with Crippen molar-refractivity contribution in [2.45, 2.75) is 12.7 Å². The Kier molecular flexibility index (Phi) is 5.29. The third-order valence-corrected chi connectivity index (χ3v) is 2.30. The number of amides is 1. The van der Waals surface area contributed by atoms with Gasteiger partial charge in [0.15, 0.2) is 0 Å². The Morgan fingerprint density at radius 2 is 1.95 bits per heavy atom. The van der Waals surface area contributed by atoms with Crippen molar-refractivity contribution < 1.29 is 22.4 Å². The summed E-state index contributed by atoms with van der Waals surface area (Å²) in [7, 11) is 1.19. The Balaban J connectivity index is 2.38. The van der Waals surface area contributed by atoms with Crippen LogP contribution in [0.15, 0.2) is 24.3 Å². The monoisotopic (exact) mass is 278 g/mol. The van der Waals surface area contributed by atoms with E-state index < -0.39 is 31.0 Å². The normalized spacial score (nSPS) is 11.7. The highest BCUT2D eigenvalue weighted by atomic mass is 19.4. The van der Waals surface area contributed by atoms with E-state index >= 15 is 0 Å². The van der Waals surface area contributed by atoms with Gasteiger partial charge in [-0.05, 0) is 13.1 Å². The third kappa shape index (κ3) is 6.19. The Morgan fingerprint density at radius 1 is 1.32 bits per heavy atom. The summed E-state index contributed by atoms with van der Waals surface area (Å²) >= 11 is 0. The molecule has 0 saturated heterocycles. The quantitative estimate of drug-likeness (QED) is 0.835. The van der Waals surface area contributed by atoms with E-state index in [2.05, 4.69) is 5.32 Å². The molecule has 19 heavy (non-hydrogen) atoms. The number of carbonyl (C=O) groups is 1. The molecular weight excluding hydrogens is 264 g/mol. The minimum atomic E-state index is -4.35. The molecule has 1 aromatic rings. The minimum absolute atomic E-state index is 0.0502. The number of benzene rings is 1. The van der Waals surface area contributed by atoms with Crippen LogP contribution in [0.2, 0.25) is 0 Å². The molecule has 0 spiro atoms. The Morgan fingerprint density at radius 3 is 2.53 bits per heavy atom. The van der Waals surface area contributed by atoms with Crippen molar-refractivity contribution in [1.82, 2.24) is 10.2 Å². The average Bonchev–Trinajstić information content (AvgIpc) is 2.25. The molecular formula is C12H14F4N2O. The fourth-order valence-electron chi connectivity index (χ4n) is 1.50. The molecule has 1 N–H and O–H groups in total. The number of nitrogens with zero attached hydrogens (tertiary/aromatic N) is 1. The van der Waals surface area contributed by atoms with E-state index in [0.29, 0.717) is 0 Å². The van der Waals surface area contributed by atoms with Crippen LogP contribution in [0, 0.1) is 5.82 Å². The van der Waals surface area contributed by atoms with Gasteiger partial charge < -0.3 is 5.32 Å². The second-order valence-electron chi connectivity index (χ2n) is 4.16. The van der Waals surface area contributed by atoms with Crippen LogP contribution in [0.1, 0.15) is 5.56 Å². The maximum absolute atomic E-state index is 13.2. The maximum atomic E-state index is 13.2. The van der Waals surface area contributed by atoms with E-state index in [4.69, 9.17) is 0 Å². The molecule has 0 fully saturated rings. The van der Waals surface area contributed by atoms with E-state index in [1.807, 2.05) is 0 Å². The molecule has 0 aliphatic carbocycles. The highest BCUT2D eigenvalue weighted by molar-refractivity contribution is 5.77. The van der Waals surface area contributed by atoms with Gasteiger partial charge in [0.05, 0.1) is 13.1 Å². The van der Waals surface area contributed by atoms with Crippen molar-refractivity contribution in [3.8, 4) is 0 Å². The molecule has 1 aromatic carbocycles. The number of rotatable bonds is 5. The Bertz CT molecular complexity index is 434. The summed E-state index contributed by atoms with van der Waals surface area (Å²) < 4.78 is 49.3. The molecule has 0 aliphatic heterocycles. The second kappa shape index (κ2) is 6.51. The van der Waals surface area contributed by atoms with Gasteiger partial charge in [-0.1, -0.05) is 18.2 Å². The standard InChI is InChI=1S/C12H14F4N2O/c1-18(8-12(14,15)16)7-11(19)17-6-9-4-2-3-5-10(9)13/h2-5H,6-8H2,1H3,(H,17,19). The van der Waals surface area contributed by atoms with Crippen molar-refractivity contribution in [3.63, 3.8) is 0 Å². The average molecular weight is 278 g/mol. The van der Waals surface area contributed by atoms with E-state index in [9.17, 15) is 22.4 Å². The van der Waals surface area contributed by atoms with Gasteiger partial charge in [0.1, 0.15) is 5.82 Å². The van der Waals surface area contributed by atoms with Gasteiger partial charge >= 0.3 is 6.18 Å². The zero-order chi connectivity index (χ0) is 14.5. The number of hydrogen-bond acceptors (Lipinski definition) is 2. The van der Waals surface area contributed by atoms with Gasteiger partial charge in [-0.3, -0.25) is 9.69 Å². The molecule has 3 nitrogen and oxygen atoms in total. The van der Waals surface area contributed by atoms with Gasteiger partial charge in [-0.2, -0.15) is 13.2 Å². The largest absolute Gasteiger partial charge is 0.401 e. The van der Waals surface area contributed by atoms with E-state index in [1.165, 1.54) is 25.2 Å². The molecule has 0 unspecified atom stereocenters. The number of hydrogen-bond donors (Lipinski definition) is 1. The lowest BCUT2D eigenvalue weighted by Crippen LogP contribution is -2.39. The van der Waals surface area contributed by atoms with Gasteiger partial charge in [-0.15, -0.1) is 0 Å². The minimum Gasteiger partial charge on any atom is -0.351 e. The van der Waals surface area contributed by atoms with Crippen molar-refractivity contribution in [2.24, 2.45) is 0 Å². The summed E-state index contributed by atoms with van der Waals surface area (Å²) in [6.45, 7) is -1.61. The zero-order valence-corrected chi connectivity index (χ0v) is 10.3. The number of carbonyl (C=O) groups excluding carboxylic acids is 1. The van der Waals surface area contributed by atoms with E-state index in [1.54, 1.807) is 6.07 Å². The smallest absolute Gasteiger partial charge is 0.351 e. The first-order chi connectivity index (χ1) is 8.78. The molecule has 0 heterocycles. The number of halogens is 4. The van der Waals surface area contributed by atoms with E-state index in [0.717, 1.165) is 4.90 Å². The lowest BCUT2D eigenvalue weighted by molar-refractivity contribution is -0.146. The molecule has 0 saturated carbocycles. The van der Waals surface area contributed by atoms with Crippen LogP contribution in [0.3, 0.4) is 0 Å². The zero-order valence-electron chi connectivity index (χ0n) is 10.3. The molecule has 1 rings (SSSR count). The fourth-order valence-corrected chi connectivity index (χ4v) is 1.50. The maximum Gasteiger partial charge on any atom is 0.401 e. The van der Waals surface area contributed by atoms with Crippen molar-refractivity contribution in [2.75, 3.05) is 20.1 Å². The number of likely N-dealkylation sites (N-methyl/N-ethyl adjacent to an activating group) is 1.